The highest BCUT2D eigenvalue weighted by Crippen LogP contribution is 2.31. The Balaban J connectivity index is 3.27. The van der Waals surface area contributed by atoms with Crippen molar-refractivity contribution >= 4 is 41.8 Å². The van der Waals surface area contributed by atoms with Gasteiger partial charge in [-0.2, -0.15) is 0 Å². The van der Waals surface area contributed by atoms with Gasteiger partial charge in [-0.25, -0.2) is 4.79 Å². The molecule has 0 aliphatic carbocycles. The number of rotatable bonds is 3. The third-order valence-electron chi connectivity index (χ3n) is 1.49. The van der Waals surface area contributed by atoms with Gasteiger partial charge in [-0.3, -0.25) is 10.1 Å². The van der Waals surface area contributed by atoms with Crippen LogP contribution in [-0.4, -0.2) is 16.0 Å². The van der Waals surface area contributed by atoms with Crippen LogP contribution in [0.2, 0.25) is 0 Å². The van der Waals surface area contributed by atoms with E-state index in [-0.39, 0.29) is 11.3 Å². The predicted octanol–water partition coefficient (Wildman–Crippen LogP) is 2.74. The molecule has 5 nitrogen and oxygen atoms in total. The number of halogens is 1. The van der Waals surface area contributed by atoms with Crippen molar-refractivity contribution in [2.45, 2.75) is 4.90 Å². The van der Waals surface area contributed by atoms with Gasteiger partial charge in [-0.05, 0) is 6.07 Å². The molecule has 0 aliphatic rings. The molecule has 0 saturated heterocycles. The molecule has 1 aromatic carbocycles. The van der Waals surface area contributed by atoms with Gasteiger partial charge < -0.3 is 5.11 Å². The van der Waals surface area contributed by atoms with Gasteiger partial charge in [-0.1, -0.05) is 8.93 Å². The number of benzene rings is 1. The summed E-state index contributed by atoms with van der Waals surface area (Å²) in [5, 5.41) is 19.1. The van der Waals surface area contributed by atoms with E-state index in [2.05, 4.69) is 0 Å². The summed E-state index contributed by atoms with van der Waals surface area (Å²) >= 11 is 1.92. The SMILES string of the molecule is O=C(O)c1cc([N+](=O)[O-])ccc1SI. The summed E-state index contributed by atoms with van der Waals surface area (Å²) in [6, 6.07) is 3.77. The number of hydrogen-bond donors (Lipinski definition) is 1. The van der Waals surface area contributed by atoms with Crippen molar-refractivity contribution < 1.29 is 14.8 Å². The van der Waals surface area contributed by atoms with E-state index in [0.717, 1.165) is 6.07 Å². The van der Waals surface area contributed by atoms with Gasteiger partial charge in [0, 0.05) is 38.2 Å². The number of carboxylic acid groups (broad SMARTS) is 1. The number of nitro benzene ring substituents is 1. The Bertz CT molecular complexity index is 395. The number of hydrogen-bond acceptors (Lipinski definition) is 4. The summed E-state index contributed by atoms with van der Waals surface area (Å²) in [5.74, 6) is -1.16. The standard InChI is InChI=1S/C7H4INO4S/c8-14-6-2-1-4(9(12)13)3-5(6)7(10)11/h1-3H,(H,10,11). The number of nitrogens with zero attached hydrogens (tertiary/aromatic N) is 1. The minimum Gasteiger partial charge on any atom is -0.478 e. The zero-order chi connectivity index (χ0) is 10.7. The number of non-ortho nitro benzene ring substituents is 1. The van der Waals surface area contributed by atoms with Crippen molar-refractivity contribution in [3.8, 4) is 0 Å². The fraction of sp³-hybridized carbons (Fsp3) is 0. The van der Waals surface area contributed by atoms with E-state index in [1.165, 1.54) is 21.1 Å². The van der Waals surface area contributed by atoms with Crippen molar-refractivity contribution in [3.63, 3.8) is 0 Å². The molecule has 14 heavy (non-hydrogen) atoms. The lowest BCUT2D eigenvalue weighted by atomic mass is 10.2. The first-order chi connectivity index (χ1) is 6.56. The summed E-state index contributed by atoms with van der Waals surface area (Å²) in [6.45, 7) is 0. The zero-order valence-corrected chi connectivity index (χ0v) is 9.61. The average Bonchev–Trinajstić information content (AvgIpc) is 2.16. The van der Waals surface area contributed by atoms with Crippen LogP contribution in [0, 0.1) is 10.1 Å². The van der Waals surface area contributed by atoms with Crippen LogP contribution in [0.4, 0.5) is 5.69 Å². The molecule has 0 aliphatic heterocycles. The third kappa shape index (κ3) is 2.35. The van der Waals surface area contributed by atoms with Crippen LogP contribution in [0.25, 0.3) is 0 Å². The first-order valence-corrected chi connectivity index (χ1v) is 6.72. The second-order valence-corrected chi connectivity index (χ2v) is 4.24. The monoisotopic (exact) mass is 325 g/mol. The Hall–Kier alpha value is -0.830. The van der Waals surface area contributed by atoms with Crippen molar-refractivity contribution in [3.05, 3.63) is 33.9 Å². The molecule has 0 aromatic heterocycles. The summed E-state index contributed by atoms with van der Waals surface area (Å²) in [6.07, 6.45) is 0. The van der Waals surface area contributed by atoms with E-state index >= 15 is 0 Å². The minimum absolute atomic E-state index is 0.0430. The third-order valence-corrected chi connectivity index (χ3v) is 3.43. The van der Waals surface area contributed by atoms with Gasteiger partial charge in [0.05, 0.1) is 10.5 Å². The molecular formula is C7H4INO4S. The van der Waals surface area contributed by atoms with Crippen molar-refractivity contribution in [2.75, 3.05) is 0 Å². The molecule has 74 valence electrons. The summed E-state index contributed by atoms with van der Waals surface area (Å²) < 4.78 is 0. The second-order valence-electron chi connectivity index (χ2n) is 2.32. The quantitative estimate of drug-likeness (QED) is 0.525. The van der Waals surface area contributed by atoms with Gasteiger partial charge in [0.15, 0.2) is 0 Å². The molecule has 7 heteroatoms. The summed E-state index contributed by atoms with van der Waals surface area (Å²) in [5.41, 5.74) is -0.254. The van der Waals surface area contributed by atoms with E-state index < -0.39 is 10.9 Å². The Kier molecular flexibility index (Phi) is 3.69. The normalized spacial score (nSPS) is 9.79. The molecular weight excluding hydrogens is 321 g/mol. The van der Waals surface area contributed by atoms with Crippen molar-refractivity contribution in [1.29, 1.82) is 0 Å². The van der Waals surface area contributed by atoms with Gasteiger partial charge >= 0.3 is 5.97 Å². The number of nitro groups is 1. The molecule has 0 amide bonds. The lowest BCUT2D eigenvalue weighted by molar-refractivity contribution is -0.384. The first kappa shape index (κ1) is 11.2. The highest BCUT2D eigenvalue weighted by atomic mass is 127. The van der Waals surface area contributed by atoms with Crippen molar-refractivity contribution in [2.24, 2.45) is 0 Å². The van der Waals surface area contributed by atoms with Gasteiger partial charge in [0.2, 0.25) is 0 Å². The highest BCUT2D eigenvalue weighted by Gasteiger charge is 2.15. The van der Waals surface area contributed by atoms with E-state index in [1.807, 2.05) is 21.2 Å². The molecule has 1 rings (SSSR count). The van der Waals surface area contributed by atoms with Gasteiger partial charge in [0.25, 0.3) is 5.69 Å². The van der Waals surface area contributed by atoms with Crippen LogP contribution >= 0.6 is 30.1 Å². The number of carboxylic acids is 1. The van der Waals surface area contributed by atoms with Gasteiger partial charge in [-0.15, -0.1) is 0 Å². The van der Waals surface area contributed by atoms with Crippen LogP contribution in [0.3, 0.4) is 0 Å². The molecule has 0 bridgehead atoms. The topological polar surface area (TPSA) is 80.4 Å². The Labute approximate surface area is 95.2 Å². The van der Waals surface area contributed by atoms with Crippen LogP contribution in [0.1, 0.15) is 10.4 Å². The van der Waals surface area contributed by atoms with Crippen LogP contribution in [0.15, 0.2) is 23.1 Å². The van der Waals surface area contributed by atoms with E-state index in [1.54, 1.807) is 0 Å². The maximum atomic E-state index is 10.7. The maximum Gasteiger partial charge on any atom is 0.337 e. The summed E-state index contributed by atoms with van der Waals surface area (Å²) in [4.78, 5) is 21.0. The fourth-order valence-corrected chi connectivity index (χ4v) is 2.37. The Morgan fingerprint density at radius 3 is 2.64 bits per heavy atom. The largest absolute Gasteiger partial charge is 0.478 e. The second kappa shape index (κ2) is 4.60. The van der Waals surface area contributed by atoms with E-state index in [4.69, 9.17) is 5.11 Å². The molecule has 0 atom stereocenters. The molecule has 1 aromatic rings. The lowest BCUT2D eigenvalue weighted by Crippen LogP contribution is -1.99. The minimum atomic E-state index is -1.16. The van der Waals surface area contributed by atoms with Crippen LogP contribution in [0.5, 0.6) is 0 Å². The molecule has 0 spiro atoms. The molecule has 0 saturated carbocycles. The van der Waals surface area contributed by atoms with Crippen molar-refractivity contribution in [1.82, 2.24) is 0 Å². The first-order valence-electron chi connectivity index (χ1n) is 3.36. The lowest BCUT2D eigenvalue weighted by Gasteiger charge is -2.00. The van der Waals surface area contributed by atoms with E-state index in [0.29, 0.717) is 4.90 Å². The highest BCUT2D eigenvalue weighted by molar-refractivity contribution is 14.2. The van der Waals surface area contributed by atoms with Crippen LogP contribution in [-0.2, 0) is 0 Å². The Morgan fingerprint density at radius 2 is 2.21 bits per heavy atom. The molecule has 1 N–H and O–H groups in total. The predicted molar refractivity (Wildman–Crippen MR) is 59.9 cm³/mol. The fourth-order valence-electron chi connectivity index (χ4n) is 0.866. The summed E-state index contributed by atoms with van der Waals surface area (Å²) in [7, 11) is 1.21. The Morgan fingerprint density at radius 1 is 1.57 bits per heavy atom. The molecule has 0 heterocycles. The molecule has 0 radical (unpaired) electrons. The average molecular weight is 325 g/mol. The smallest absolute Gasteiger partial charge is 0.337 e. The molecule has 0 fully saturated rings. The number of aromatic carboxylic acids is 1. The zero-order valence-electron chi connectivity index (χ0n) is 6.64. The maximum absolute atomic E-state index is 10.7. The number of carbonyl (C=O) groups is 1. The molecule has 0 unspecified atom stereocenters. The van der Waals surface area contributed by atoms with E-state index in [9.17, 15) is 14.9 Å². The van der Waals surface area contributed by atoms with Crippen LogP contribution < -0.4 is 0 Å². The van der Waals surface area contributed by atoms with Gasteiger partial charge in [0.1, 0.15) is 0 Å².